The summed E-state index contributed by atoms with van der Waals surface area (Å²) >= 11 is 1.64. The van der Waals surface area contributed by atoms with Gasteiger partial charge >= 0.3 is 0 Å². The van der Waals surface area contributed by atoms with Crippen LogP contribution in [0.3, 0.4) is 0 Å². The predicted molar refractivity (Wildman–Crippen MR) is 71.5 cm³/mol. The summed E-state index contributed by atoms with van der Waals surface area (Å²) in [7, 11) is 1.60. The Hall–Kier alpha value is -1.73. The molecule has 0 aliphatic rings. The first-order chi connectivity index (χ1) is 8.78. The van der Waals surface area contributed by atoms with Gasteiger partial charge in [-0.3, -0.25) is 0 Å². The van der Waals surface area contributed by atoms with Crippen LogP contribution in [0.4, 0.5) is 11.6 Å². The lowest BCUT2D eigenvalue weighted by molar-refractivity contribution is 0.178. The number of ether oxygens (including phenoxy) is 1. The van der Waals surface area contributed by atoms with E-state index in [0.717, 1.165) is 18.0 Å². The Bertz CT molecular complexity index is 488. The molecule has 0 aliphatic carbocycles. The van der Waals surface area contributed by atoms with Crippen molar-refractivity contribution < 1.29 is 4.74 Å². The second-order valence-corrected chi connectivity index (χ2v) is 4.61. The first-order valence-electron chi connectivity index (χ1n) is 5.52. The number of hydrogen-bond acceptors (Lipinski definition) is 7. The average molecular weight is 265 g/mol. The Kier molecular flexibility index (Phi) is 4.43. The van der Waals surface area contributed by atoms with Gasteiger partial charge in [-0.1, -0.05) is 0 Å². The molecule has 0 spiro atoms. The number of methoxy groups -OCH3 is 1. The fourth-order valence-electron chi connectivity index (χ4n) is 1.48. The lowest BCUT2D eigenvalue weighted by Crippen LogP contribution is -2.09. The third kappa shape index (κ3) is 3.64. The van der Waals surface area contributed by atoms with Gasteiger partial charge in [-0.2, -0.15) is 0 Å². The summed E-state index contributed by atoms with van der Waals surface area (Å²) in [5.74, 6) is 1.73. The molecule has 0 bridgehead atoms. The van der Waals surface area contributed by atoms with E-state index in [1.807, 2.05) is 5.38 Å². The number of hydrogen-bond donors (Lipinski definition) is 2. The van der Waals surface area contributed by atoms with E-state index in [0.29, 0.717) is 24.1 Å². The van der Waals surface area contributed by atoms with Gasteiger partial charge in [0, 0.05) is 37.7 Å². The number of rotatable bonds is 6. The second kappa shape index (κ2) is 6.27. The molecule has 0 radical (unpaired) electrons. The van der Waals surface area contributed by atoms with E-state index >= 15 is 0 Å². The molecule has 0 atom stereocenters. The maximum Gasteiger partial charge on any atom is 0.158 e. The number of nitrogens with one attached hydrogen (secondary N) is 1. The number of thiazole rings is 1. The van der Waals surface area contributed by atoms with E-state index in [-0.39, 0.29) is 0 Å². The van der Waals surface area contributed by atoms with Gasteiger partial charge in [0.1, 0.15) is 18.2 Å². The molecule has 2 heterocycles. The van der Waals surface area contributed by atoms with E-state index in [1.54, 1.807) is 30.7 Å². The SMILES string of the molecule is COCc1nc(N)cc(NCCc2nccs2)n1. The van der Waals surface area contributed by atoms with Gasteiger partial charge in [0.25, 0.3) is 0 Å². The van der Waals surface area contributed by atoms with Crippen LogP contribution in [0.25, 0.3) is 0 Å². The standard InChI is InChI=1S/C11H15N5OS/c1-17-7-10-15-8(12)6-9(16-10)13-3-2-11-14-4-5-18-11/h4-6H,2-3,7H2,1H3,(H3,12,13,15,16). The summed E-state index contributed by atoms with van der Waals surface area (Å²) in [4.78, 5) is 12.6. The molecule has 2 aromatic heterocycles. The fraction of sp³-hybridized carbons (Fsp3) is 0.364. The lowest BCUT2D eigenvalue weighted by atomic mass is 10.4. The van der Waals surface area contributed by atoms with E-state index in [2.05, 4.69) is 20.3 Å². The molecule has 0 saturated carbocycles. The second-order valence-electron chi connectivity index (χ2n) is 3.63. The zero-order valence-electron chi connectivity index (χ0n) is 10.1. The van der Waals surface area contributed by atoms with Crippen LogP contribution in [-0.2, 0) is 17.8 Å². The van der Waals surface area contributed by atoms with Crippen LogP contribution >= 0.6 is 11.3 Å². The summed E-state index contributed by atoms with van der Waals surface area (Å²) in [6.45, 7) is 1.11. The van der Waals surface area contributed by atoms with Gasteiger partial charge in [0.2, 0.25) is 0 Å². The van der Waals surface area contributed by atoms with Gasteiger partial charge in [-0.15, -0.1) is 11.3 Å². The molecular formula is C11H15N5OS. The number of nitrogens with two attached hydrogens (primary N) is 1. The van der Waals surface area contributed by atoms with Crippen LogP contribution in [0.5, 0.6) is 0 Å². The summed E-state index contributed by atoms with van der Waals surface area (Å²) in [6.07, 6.45) is 2.67. The molecule has 0 fully saturated rings. The summed E-state index contributed by atoms with van der Waals surface area (Å²) in [5, 5.41) is 6.27. The molecule has 6 nitrogen and oxygen atoms in total. The van der Waals surface area contributed by atoms with Crippen molar-refractivity contribution in [3.8, 4) is 0 Å². The Labute approximate surface area is 109 Å². The molecule has 0 aliphatic heterocycles. The van der Waals surface area contributed by atoms with Crippen LogP contribution in [0, 0.1) is 0 Å². The normalized spacial score (nSPS) is 10.5. The molecule has 18 heavy (non-hydrogen) atoms. The van der Waals surface area contributed by atoms with E-state index in [1.165, 1.54) is 0 Å². The Balaban J connectivity index is 1.92. The first-order valence-corrected chi connectivity index (χ1v) is 6.40. The molecule has 7 heteroatoms. The monoisotopic (exact) mass is 265 g/mol. The van der Waals surface area contributed by atoms with Gasteiger partial charge in [-0.25, -0.2) is 15.0 Å². The van der Waals surface area contributed by atoms with Crippen molar-refractivity contribution in [2.24, 2.45) is 0 Å². The van der Waals surface area contributed by atoms with Crippen molar-refractivity contribution in [1.29, 1.82) is 0 Å². The zero-order chi connectivity index (χ0) is 12.8. The van der Waals surface area contributed by atoms with Gasteiger partial charge in [-0.05, 0) is 0 Å². The Morgan fingerprint density at radius 2 is 2.33 bits per heavy atom. The van der Waals surface area contributed by atoms with E-state index in [4.69, 9.17) is 10.5 Å². The Morgan fingerprint density at radius 3 is 3.06 bits per heavy atom. The topological polar surface area (TPSA) is 86.0 Å². The quantitative estimate of drug-likeness (QED) is 0.819. The Morgan fingerprint density at radius 1 is 1.44 bits per heavy atom. The highest BCUT2D eigenvalue weighted by molar-refractivity contribution is 7.09. The number of anilines is 2. The van der Waals surface area contributed by atoms with Crippen molar-refractivity contribution >= 4 is 23.0 Å². The van der Waals surface area contributed by atoms with E-state index in [9.17, 15) is 0 Å². The molecule has 96 valence electrons. The van der Waals surface area contributed by atoms with Gasteiger partial charge < -0.3 is 15.8 Å². The molecule has 0 amide bonds. The minimum absolute atomic E-state index is 0.353. The highest BCUT2D eigenvalue weighted by atomic mass is 32.1. The minimum atomic E-state index is 0.353. The van der Waals surface area contributed by atoms with E-state index < -0.39 is 0 Å². The third-order valence-corrected chi connectivity index (χ3v) is 3.03. The van der Waals surface area contributed by atoms with Gasteiger partial charge in [0.05, 0.1) is 5.01 Å². The minimum Gasteiger partial charge on any atom is -0.384 e. The molecule has 3 N–H and O–H groups in total. The summed E-state index contributed by atoms with van der Waals surface area (Å²) in [6, 6.07) is 1.71. The number of nitrogens with zero attached hydrogens (tertiary/aromatic N) is 3. The molecule has 0 aromatic carbocycles. The smallest absolute Gasteiger partial charge is 0.158 e. The highest BCUT2D eigenvalue weighted by Crippen LogP contribution is 2.10. The maximum absolute atomic E-state index is 5.70. The van der Waals surface area contributed by atoms with Gasteiger partial charge in [0.15, 0.2) is 5.82 Å². The maximum atomic E-state index is 5.70. The fourth-order valence-corrected chi connectivity index (χ4v) is 2.10. The predicted octanol–water partition coefficient (Wildman–Crippen LogP) is 1.32. The number of nitrogen functional groups attached to an aromatic ring is 1. The van der Waals surface area contributed by atoms with Crippen molar-refractivity contribution in [2.45, 2.75) is 13.0 Å². The molecular weight excluding hydrogens is 250 g/mol. The van der Waals surface area contributed by atoms with Crippen LogP contribution in [0.15, 0.2) is 17.6 Å². The largest absolute Gasteiger partial charge is 0.384 e. The average Bonchev–Trinajstić information content (AvgIpc) is 2.82. The van der Waals surface area contributed by atoms with Crippen LogP contribution < -0.4 is 11.1 Å². The van der Waals surface area contributed by atoms with Crippen molar-refractivity contribution in [2.75, 3.05) is 24.7 Å². The first kappa shape index (κ1) is 12.7. The van der Waals surface area contributed by atoms with Crippen molar-refractivity contribution in [1.82, 2.24) is 15.0 Å². The molecule has 2 rings (SSSR count). The molecule has 0 saturated heterocycles. The van der Waals surface area contributed by atoms with Crippen LogP contribution in [0.1, 0.15) is 10.8 Å². The third-order valence-electron chi connectivity index (χ3n) is 2.19. The highest BCUT2D eigenvalue weighted by Gasteiger charge is 2.02. The van der Waals surface area contributed by atoms with Crippen molar-refractivity contribution in [3.63, 3.8) is 0 Å². The molecule has 0 unspecified atom stereocenters. The van der Waals surface area contributed by atoms with Crippen LogP contribution in [0.2, 0.25) is 0 Å². The zero-order valence-corrected chi connectivity index (χ0v) is 10.9. The van der Waals surface area contributed by atoms with Crippen LogP contribution in [-0.4, -0.2) is 28.6 Å². The molecule has 2 aromatic rings. The lowest BCUT2D eigenvalue weighted by Gasteiger charge is -2.07. The number of aromatic nitrogens is 3. The van der Waals surface area contributed by atoms with Crippen molar-refractivity contribution in [3.05, 3.63) is 28.5 Å². The summed E-state index contributed by atoms with van der Waals surface area (Å²) < 4.78 is 4.98. The summed E-state index contributed by atoms with van der Waals surface area (Å²) in [5.41, 5.74) is 5.70.